The van der Waals surface area contributed by atoms with Crippen molar-refractivity contribution in [3.8, 4) is 0 Å². The lowest BCUT2D eigenvalue weighted by Crippen LogP contribution is -2.33. The summed E-state index contributed by atoms with van der Waals surface area (Å²) < 4.78 is 0. The monoisotopic (exact) mass is 181 g/mol. The van der Waals surface area contributed by atoms with E-state index in [4.69, 9.17) is 0 Å². The Balaban J connectivity index is 1.89. The van der Waals surface area contributed by atoms with Crippen LogP contribution in [-0.2, 0) is 4.79 Å². The molecule has 2 fully saturated rings. The minimum Gasteiger partial charge on any atom is -0.342 e. The van der Waals surface area contributed by atoms with Gasteiger partial charge in [0.05, 0.1) is 0 Å². The largest absolute Gasteiger partial charge is 0.342 e. The standard InChI is InChI=1S/C11H19NO/c1-9-6-7-12(8-9)11(13)10-4-2-3-5-10/h9-10H,2-8H2,1H3/t9-/m0/s1. The summed E-state index contributed by atoms with van der Waals surface area (Å²) in [4.78, 5) is 14.0. The summed E-state index contributed by atoms with van der Waals surface area (Å²) in [6.07, 6.45) is 6.02. The molecule has 0 radical (unpaired) electrons. The molecule has 0 N–H and O–H groups in total. The quantitative estimate of drug-likeness (QED) is 0.606. The van der Waals surface area contributed by atoms with Gasteiger partial charge in [-0.1, -0.05) is 19.8 Å². The molecule has 2 heteroatoms. The van der Waals surface area contributed by atoms with Crippen LogP contribution in [0, 0.1) is 11.8 Å². The molecule has 0 aromatic heterocycles. The van der Waals surface area contributed by atoms with Crippen LogP contribution in [0.15, 0.2) is 0 Å². The second-order valence-electron chi connectivity index (χ2n) is 4.66. The molecule has 0 aromatic rings. The van der Waals surface area contributed by atoms with Crippen molar-refractivity contribution in [3.63, 3.8) is 0 Å². The first kappa shape index (κ1) is 9.04. The van der Waals surface area contributed by atoms with E-state index in [0.29, 0.717) is 11.8 Å². The molecule has 1 saturated carbocycles. The van der Waals surface area contributed by atoms with Crippen LogP contribution < -0.4 is 0 Å². The van der Waals surface area contributed by atoms with Crippen molar-refractivity contribution in [1.82, 2.24) is 4.90 Å². The number of carbonyl (C=O) groups is 1. The Bertz CT molecular complexity index is 196. The van der Waals surface area contributed by atoms with E-state index < -0.39 is 0 Å². The lowest BCUT2D eigenvalue weighted by Gasteiger charge is -2.19. The van der Waals surface area contributed by atoms with Gasteiger partial charge in [-0.25, -0.2) is 0 Å². The summed E-state index contributed by atoms with van der Waals surface area (Å²) in [6.45, 7) is 4.26. The third kappa shape index (κ3) is 1.87. The maximum absolute atomic E-state index is 11.9. The fourth-order valence-electron chi connectivity index (χ4n) is 2.57. The lowest BCUT2D eigenvalue weighted by molar-refractivity contribution is -0.134. The average Bonchev–Trinajstić information content (AvgIpc) is 2.72. The maximum Gasteiger partial charge on any atom is 0.225 e. The molecule has 0 spiro atoms. The van der Waals surface area contributed by atoms with E-state index in [-0.39, 0.29) is 0 Å². The molecular formula is C11H19NO. The number of rotatable bonds is 1. The number of hydrogen-bond donors (Lipinski definition) is 0. The molecule has 2 rings (SSSR count). The van der Waals surface area contributed by atoms with E-state index in [2.05, 4.69) is 11.8 Å². The number of nitrogens with zero attached hydrogens (tertiary/aromatic N) is 1. The van der Waals surface area contributed by atoms with Gasteiger partial charge in [0, 0.05) is 19.0 Å². The van der Waals surface area contributed by atoms with Crippen LogP contribution in [0.4, 0.5) is 0 Å². The third-order valence-electron chi connectivity index (χ3n) is 3.44. The van der Waals surface area contributed by atoms with E-state index in [1.165, 1.54) is 19.3 Å². The summed E-state index contributed by atoms with van der Waals surface area (Å²) in [5, 5.41) is 0. The highest BCUT2D eigenvalue weighted by atomic mass is 16.2. The van der Waals surface area contributed by atoms with Crippen LogP contribution in [-0.4, -0.2) is 23.9 Å². The van der Waals surface area contributed by atoms with Gasteiger partial charge >= 0.3 is 0 Å². The smallest absolute Gasteiger partial charge is 0.225 e. The topological polar surface area (TPSA) is 20.3 Å². The molecule has 1 aliphatic carbocycles. The molecule has 74 valence electrons. The highest BCUT2D eigenvalue weighted by molar-refractivity contribution is 5.79. The van der Waals surface area contributed by atoms with Gasteiger partial charge in [0.1, 0.15) is 0 Å². The van der Waals surface area contributed by atoms with Crippen molar-refractivity contribution >= 4 is 5.91 Å². The van der Waals surface area contributed by atoms with Crippen LogP contribution in [0.5, 0.6) is 0 Å². The minimum absolute atomic E-state index is 0.380. The first-order chi connectivity index (χ1) is 6.27. The normalized spacial score (nSPS) is 29.9. The predicted octanol–water partition coefficient (Wildman–Crippen LogP) is 2.04. The zero-order chi connectivity index (χ0) is 9.26. The molecule has 0 bridgehead atoms. The Morgan fingerprint density at radius 2 is 1.92 bits per heavy atom. The van der Waals surface area contributed by atoms with Gasteiger partial charge in [-0.2, -0.15) is 0 Å². The summed E-state index contributed by atoms with van der Waals surface area (Å²) in [7, 11) is 0. The third-order valence-corrected chi connectivity index (χ3v) is 3.44. The van der Waals surface area contributed by atoms with Crippen molar-refractivity contribution < 1.29 is 4.79 Å². The van der Waals surface area contributed by atoms with Gasteiger partial charge < -0.3 is 4.90 Å². The Morgan fingerprint density at radius 3 is 2.46 bits per heavy atom. The molecular weight excluding hydrogens is 162 g/mol. The highest BCUT2D eigenvalue weighted by Crippen LogP contribution is 2.28. The molecule has 1 saturated heterocycles. The van der Waals surface area contributed by atoms with Gasteiger partial charge in [-0.15, -0.1) is 0 Å². The van der Waals surface area contributed by atoms with Gasteiger partial charge in [0.2, 0.25) is 5.91 Å². The zero-order valence-electron chi connectivity index (χ0n) is 8.46. The summed E-state index contributed by atoms with van der Waals surface area (Å²) in [6, 6.07) is 0. The van der Waals surface area contributed by atoms with Crippen LogP contribution in [0.1, 0.15) is 39.0 Å². The first-order valence-corrected chi connectivity index (χ1v) is 5.56. The van der Waals surface area contributed by atoms with Crippen LogP contribution in [0.25, 0.3) is 0 Å². The first-order valence-electron chi connectivity index (χ1n) is 5.56. The fourth-order valence-corrected chi connectivity index (χ4v) is 2.57. The summed E-state index contributed by atoms with van der Waals surface area (Å²) in [5.41, 5.74) is 0. The van der Waals surface area contributed by atoms with Gasteiger partial charge in [0.15, 0.2) is 0 Å². The molecule has 1 amide bonds. The van der Waals surface area contributed by atoms with E-state index in [9.17, 15) is 4.79 Å². The summed E-state index contributed by atoms with van der Waals surface area (Å²) >= 11 is 0. The molecule has 1 aliphatic heterocycles. The molecule has 1 heterocycles. The SMILES string of the molecule is C[C@H]1CCN(C(=O)C2CCCC2)C1. The average molecular weight is 181 g/mol. The van der Waals surface area contributed by atoms with Gasteiger partial charge in [-0.3, -0.25) is 4.79 Å². The van der Waals surface area contributed by atoms with E-state index >= 15 is 0 Å². The Kier molecular flexibility index (Phi) is 2.56. The molecule has 1 atom stereocenters. The molecule has 2 aliphatic rings. The van der Waals surface area contributed by atoms with Crippen LogP contribution in [0.3, 0.4) is 0 Å². The Morgan fingerprint density at radius 1 is 1.23 bits per heavy atom. The zero-order valence-corrected chi connectivity index (χ0v) is 8.46. The predicted molar refractivity (Wildman–Crippen MR) is 52.3 cm³/mol. The van der Waals surface area contributed by atoms with Crippen molar-refractivity contribution in [1.29, 1.82) is 0 Å². The summed E-state index contributed by atoms with van der Waals surface area (Å²) in [5.74, 6) is 1.55. The van der Waals surface area contributed by atoms with Gasteiger partial charge in [0.25, 0.3) is 0 Å². The Labute approximate surface area is 80.3 Å². The lowest BCUT2D eigenvalue weighted by atomic mass is 10.1. The van der Waals surface area contributed by atoms with E-state index in [1.807, 2.05) is 0 Å². The van der Waals surface area contributed by atoms with Crippen molar-refractivity contribution in [2.24, 2.45) is 11.8 Å². The molecule has 0 unspecified atom stereocenters. The van der Waals surface area contributed by atoms with Crippen molar-refractivity contribution in [2.75, 3.05) is 13.1 Å². The van der Waals surface area contributed by atoms with E-state index in [0.717, 1.165) is 31.8 Å². The maximum atomic E-state index is 11.9. The second kappa shape index (κ2) is 3.69. The highest BCUT2D eigenvalue weighted by Gasteiger charge is 2.30. The number of amides is 1. The Hall–Kier alpha value is -0.530. The number of carbonyl (C=O) groups excluding carboxylic acids is 1. The van der Waals surface area contributed by atoms with Crippen molar-refractivity contribution in [3.05, 3.63) is 0 Å². The molecule has 13 heavy (non-hydrogen) atoms. The minimum atomic E-state index is 0.380. The number of likely N-dealkylation sites (tertiary alicyclic amines) is 1. The van der Waals surface area contributed by atoms with Crippen LogP contribution >= 0.6 is 0 Å². The second-order valence-corrected chi connectivity index (χ2v) is 4.66. The molecule has 2 nitrogen and oxygen atoms in total. The fraction of sp³-hybridized carbons (Fsp3) is 0.909. The number of hydrogen-bond acceptors (Lipinski definition) is 1. The van der Waals surface area contributed by atoms with E-state index in [1.54, 1.807) is 0 Å². The van der Waals surface area contributed by atoms with Crippen molar-refractivity contribution in [2.45, 2.75) is 39.0 Å². The van der Waals surface area contributed by atoms with Gasteiger partial charge in [-0.05, 0) is 25.2 Å². The van der Waals surface area contributed by atoms with Crippen LogP contribution in [0.2, 0.25) is 0 Å². The molecule has 0 aromatic carbocycles.